The largest absolute Gasteiger partial charge is 0.423 e. The van der Waals surface area contributed by atoms with Crippen LogP contribution in [0.2, 0.25) is 5.02 Å². The van der Waals surface area contributed by atoms with Crippen LogP contribution in [0.4, 0.5) is 6.01 Å². The fourth-order valence-electron chi connectivity index (χ4n) is 2.86. The lowest BCUT2D eigenvalue weighted by Crippen LogP contribution is -2.43. The summed E-state index contributed by atoms with van der Waals surface area (Å²) in [5.74, 6) is 0. The Kier molecular flexibility index (Phi) is 5.56. The van der Waals surface area contributed by atoms with E-state index < -0.39 is 0 Å². The monoisotopic (exact) mass is 358 g/mol. The summed E-state index contributed by atoms with van der Waals surface area (Å²) in [6.45, 7) is 9.62. The van der Waals surface area contributed by atoms with E-state index >= 15 is 0 Å². The lowest BCUT2D eigenvalue weighted by molar-refractivity contribution is 0.518. The Morgan fingerprint density at radius 1 is 1.20 bits per heavy atom. The van der Waals surface area contributed by atoms with Crippen LogP contribution in [0.25, 0.3) is 22.4 Å². The van der Waals surface area contributed by atoms with Gasteiger partial charge >= 0.3 is 0 Å². The number of nitrogens with zero attached hydrogens (tertiary/aromatic N) is 3. The molecular formula is C19H23ClN4O. The van der Waals surface area contributed by atoms with Crippen LogP contribution in [-0.4, -0.2) is 36.1 Å². The molecule has 132 valence electrons. The number of pyridine rings is 1. The van der Waals surface area contributed by atoms with Gasteiger partial charge < -0.3 is 14.6 Å². The molecule has 4 rings (SSSR count). The lowest BCUT2D eigenvalue weighted by Gasteiger charge is -2.25. The van der Waals surface area contributed by atoms with Crippen LogP contribution in [0.5, 0.6) is 0 Å². The van der Waals surface area contributed by atoms with Crippen molar-refractivity contribution in [1.82, 2.24) is 15.3 Å². The van der Waals surface area contributed by atoms with Gasteiger partial charge in [0.25, 0.3) is 6.01 Å². The molecule has 5 nitrogen and oxygen atoms in total. The molecule has 1 fully saturated rings. The lowest BCUT2D eigenvalue weighted by atomic mass is 10.1. The molecule has 0 amide bonds. The van der Waals surface area contributed by atoms with Crippen molar-refractivity contribution in [3.8, 4) is 11.3 Å². The molecule has 1 aliphatic heterocycles. The van der Waals surface area contributed by atoms with Crippen LogP contribution >= 0.6 is 11.6 Å². The second kappa shape index (κ2) is 7.85. The van der Waals surface area contributed by atoms with Gasteiger partial charge in [0.1, 0.15) is 5.52 Å². The molecule has 0 bridgehead atoms. The molecule has 2 aromatic heterocycles. The van der Waals surface area contributed by atoms with E-state index in [9.17, 15) is 0 Å². The molecule has 0 saturated carbocycles. The number of oxazole rings is 1. The van der Waals surface area contributed by atoms with Crippen molar-refractivity contribution in [2.75, 3.05) is 31.1 Å². The first-order chi connectivity index (χ1) is 12.2. The molecule has 1 saturated heterocycles. The van der Waals surface area contributed by atoms with Gasteiger partial charge in [0.2, 0.25) is 0 Å². The maximum Gasteiger partial charge on any atom is 0.298 e. The maximum atomic E-state index is 6.40. The van der Waals surface area contributed by atoms with Crippen LogP contribution in [0.1, 0.15) is 19.4 Å². The van der Waals surface area contributed by atoms with Gasteiger partial charge in [-0.05, 0) is 30.7 Å². The number of hydrogen-bond acceptors (Lipinski definition) is 5. The van der Waals surface area contributed by atoms with Crippen molar-refractivity contribution in [1.29, 1.82) is 0 Å². The summed E-state index contributed by atoms with van der Waals surface area (Å²) in [4.78, 5) is 11.3. The van der Waals surface area contributed by atoms with Gasteiger partial charge in [0.05, 0.1) is 5.69 Å². The van der Waals surface area contributed by atoms with Crippen LogP contribution < -0.4 is 10.2 Å². The molecule has 1 aromatic carbocycles. The number of fused-ring (bicyclic) bond motifs is 1. The molecule has 1 N–H and O–H groups in total. The molecule has 6 heteroatoms. The van der Waals surface area contributed by atoms with Crippen LogP contribution in [0, 0.1) is 6.92 Å². The van der Waals surface area contributed by atoms with Crippen molar-refractivity contribution in [2.24, 2.45) is 0 Å². The number of rotatable bonds is 2. The van der Waals surface area contributed by atoms with Crippen molar-refractivity contribution >= 4 is 28.7 Å². The van der Waals surface area contributed by atoms with Gasteiger partial charge in [-0.15, -0.1) is 0 Å². The Morgan fingerprint density at radius 2 is 1.96 bits per heavy atom. The minimum Gasteiger partial charge on any atom is -0.423 e. The topological polar surface area (TPSA) is 54.2 Å². The van der Waals surface area contributed by atoms with Crippen molar-refractivity contribution < 1.29 is 4.42 Å². The third-order valence-corrected chi connectivity index (χ3v) is 4.57. The van der Waals surface area contributed by atoms with Crippen LogP contribution in [0.3, 0.4) is 0 Å². The first-order valence-electron chi connectivity index (χ1n) is 8.71. The number of aryl methyl sites for hydroxylation is 1. The standard InChI is InChI=1S/C17H17ClN4O.C2H6/c1-11-13(18)10-12(14-4-2-3-5-20-14)16-15(11)21-17(23-16)22-8-6-19-7-9-22;1-2/h2-5,10,19H,6-9H2,1H3;1-2H3. The molecule has 0 spiro atoms. The second-order valence-corrected chi connectivity index (χ2v) is 6.06. The molecule has 3 aromatic rings. The minimum atomic E-state index is 0.657. The first-order valence-corrected chi connectivity index (χ1v) is 9.08. The average Bonchev–Trinajstić information content (AvgIpc) is 3.13. The van der Waals surface area contributed by atoms with Crippen molar-refractivity contribution in [3.05, 3.63) is 41.0 Å². The zero-order valence-electron chi connectivity index (χ0n) is 14.8. The first kappa shape index (κ1) is 17.7. The molecular weight excluding hydrogens is 336 g/mol. The summed E-state index contributed by atoms with van der Waals surface area (Å²) in [5.41, 5.74) is 4.21. The number of nitrogens with one attached hydrogen (secondary N) is 1. The second-order valence-electron chi connectivity index (χ2n) is 5.66. The molecule has 0 unspecified atom stereocenters. The van der Waals surface area contributed by atoms with Gasteiger partial charge in [0, 0.05) is 43.0 Å². The number of piperazine rings is 1. The fraction of sp³-hybridized carbons (Fsp3) is 0.368. The van der Waals surface area contributed by atoms with Gasteiger partial charge in [-0.2, -0.15) is 4.98 Å². The van der Waals surface area contributed by atoms with E-state index in [-0.39, 0.29) is 0 Å². The van der Waals surface area contributed by atoms with E-state index in [0.717, 1.165) is 54.1 Å². The minimum absolute atomic E-state index is 0.657. The summed E-state index contributed by atoms with van der Waals surface area (Å²) in [7, 11) is 0. The average molecular weight is 359 g/mol. The Bertz CT molecular complexity index is 842. The number of benzene rings is 1. The third-order valence-electron chi connectivity index (χ3n) is 4.17. The van der Waals surface area contributed by atoms with Crippen molar-refractivity contribution in [2.45, 2.75) is 20.8 Å². The van der Waals surface area contributed by atoms with E-state index in [0.29, 0.717) is 11.0 Å². The number of aromatic nitrogens is 2. The van der Waals surface area contributed by atoms with Gasteiger partial charge in [-0.25, -0.2) is 0 Å². The van der Waals surface area contributed by atoms with Gasteiger partial charge in [-0.3, -0.25) is 4.98 Å². The summed E-state index contributed by atoms with van der Waals surface area (Å²) >= 11 is 6.40. The fourth-order valence-corrected chi connectivity index (χ4v) is 3.06. The number of anilines is 1. The molecule has 25 heavy (non-hydrogen) atoms. The van der Waals surface area contributed by atoms with E-state index in [1.165, 1.54) is 0 Å². The molecule has 1 aliphatic rings. The SMILES string of the molecule is CC.Cc1c(Cl)cc(-c2ccccn2)c2oc(N3CCNCC3)nc12. The maximum absolute atomic E-state index is 6.40. The van der Waals surface area contributed by atoms with Crippen molar-refractivity contribution in [3.63, 3.8) is 0 Å². The highest BCUT2D eigenvalue weighted by atomic mass is 35.5. The number of halogens is 1. The zero-order chi connectivity index (χ0) is 17.8. The summed E-state index contributed by atoms with van der Waals surface area (Å²) < 4.78 is 6.12. The highest BCUT2D eigenvalue weighted by Crippen LogP contribution is 2.36. The van der Waals surface area contributed by atoms with Gasteiger partial charge in [-0.1, -0.05) is 31.5 Å². The molecule has 0 radical (unpaired) electrons. The van der Waals surface area contributed by atoms with Gasteiger partial charge in [0.15, 0.2) is 5.58 Å². The highest BCUT2D eigenvalue weighted by molar-refractivity contribution is 6.32. The third kappa shape index (κ3) is 3.48. The normalized spacial score (nSPS) is 14.3. The van der Waals surface area contributed by atoms with E-state index in [1.807, 2.05) is 45.0 Å². The number of hydrogen-bond donors (Lipinski definition) is 1. The zero-order valence-corrected chi connectivity index (χ0v) is 15.6. The summed E-state index contributed by atoms with van der Waals surface area (Å²) in [6.07, 6.45) is 1.77. The molecule has 0 aliphatic carbocycles. The molecule has 0 atom stereocenters. The van der Waals surface area contributed by atoms with Crippen LogP contribution in [-0.2, 0) is 0 Å². The Hall–Kier alpha value is -2.11. The summed E-state index contributed by atoms with van der Waals surface area (Å²) in [5, 5.41) is 4.01. The van der Waals surface area contributed by atoms with E-state index in [2.05, 4.69) is 15.2 Å². The molecule has 3 heterocycles. The quantitative estimate of drug-likeness (QED) is 0.740. The van der Waals surface area contributed by atoms with Crippen LogP contribution in [0.15, 0.2) is 34.9 Å². The summed E-state index contributed by atoms with van der Waals surface area (Å²) in [6, 6.07) is 8.37. The Balaban J connectivity index is 0.000000880. The smallest absolute Gasteiger partial charge is 0.298 e. The predicted octanol–water partition coefficient (Wildman–Crippen LogP) is 4.29. The van der Waals surface area contributed by atoms with E-state index in [4.69, 9.17) is 21.0 Å². The Morgan fingerprint density at radius 3 is 2.64 bits per heavy atom. The predicted molar refractivity (Wildman–Crippen MR) is 103 cm³/mol. The Labute approximate surface area is 153 Å². The van der Waals surface area contributed by atoms with E-state index in [1.54, 1.807) is 6.20 Å². The highest BCUT2D eigenvalue weighted by Gasteiger charge is 2.21.